The maximum absolute atomic E-state index is 11.9. The van der Waals surface area contributed by atoms with Crippen molar-refractivity contribution < 1.29 is 9.53 Å². The third-order valence-corrected chi connectivity index (χ3v) is 3.51. The van der Waals surface area contributed by atoms with Crippen LogP contribution in [0.4, 0.5) is 0 Å². The van der Waals surface area contributed by atoms with Crippen molar-refractivity contribution >= 4 is 5.91 Å². The number of H-pyrrole nitrogens is 1. The molecule has 0 bridgehead atoms. The van der Waals surface area contributed by atoms with Gasteiger partial charge in [-0.15, -0.1) is 0 Å². The van der Waals surface area contributed by atoms with Crippen molar-refractivity contribution in [1.82, 2.24) is 10.3 Å². The first kappa shape index (κ1) is 13.8. The van der Waals surface area contributed by atoms with Crippen LogP contribution in [0.25, 0.3) is 0 Å². The zero-order chi connectivity index (χ0) is 13.8. The fourth-order valence-electron chi connectivity index (χ4n) is 2.42. The van der Waals surface area contributed by atoms with Gasteiger partial charge in [-0.2, -0.15) is 0 Å². The van der Waals surface area contributed by atoms with Crippen molar-refractivity contribution in [2.24, 2.45) is 5.92 Å². The molecule has 0 unspecified atom stereocenters. The van der Waals surface area contributed by atoms with E-state index in [-0.39, 0.29) is 17.0 Å². The molecule has 1 aliphatic carbocycles. The van der Waals surface area contributed by atoms with Gasteiger partial charge in [0, 0.05) is 19.3 Å². The maximum Gasteiger partial charge on any atom is 0.261 e. The van der Waals surface area contributed by atoms with Gasteiger partial charge in [-0.05, 0) is 36.8 Å². The molecule has 0 saturated heterocycles. The number of aromatic nitrogens is 1. The molecule has 5 heteroatoms. The number of amides is 1. The minimum absolute atomic E-state index is 0.198. The predicted octanol–water partition coefficient (Wildman–Crippen LogP) is 0.876. The second kappa shape index (κ2) is 6.02. The number of hydrogen-bond acceptors (Lipinski definition) is 3. The van der Waals surface area contributed by atoms with Crippen molar-refractivity contribution in [3.05, 3.63) is 33.2 Å². The SMILES string of the molecule is COCCNC(=O)c1cc2c([nH]c1=O)CC[C@@H](C)C2. The Morgan fingerprint density at radius 3 is 3.11 bits per heavy atom. The van der Waals surface area contributed by atoms with Gasteiger partial charge in [0.05, 0.1) is 6.61 Å². The van der Waals surface area contributed by atoms with Crippen LogP contribution in [0.5, 0.6) is 0 Å². The van der Waals surface area contributed by atoms with Crippen molar-refractivity contribution in [3.63, 3.8) is 0 Å². The summed E-state index contributed by atoms with van der Waals surface area (Å²) >= 11 is 0. The van der Waals surface area contributed by atoms with E-state index in [2.05, 4.69) is 17.2 Å². The summed E-state index contributed by atoms with van der Waals surface area (Å²) in [6, 6.07) is 1.74. The lowest BCUT2D eigenvalue weighted by atomic mass is 9.87. The highest BCUT2D eigenvalue weighted by molar-refractivity contribution is 5.94. The van der Waals surface area contributed by atoms with E-state index in [1.807, 2.05) is 0 Å². The summed E-state index contributed by atoms with van der Waals surface area (Å²) in [5.74, 6) is 0.266. The average molecular weight is 264 g/mol. The predicted molar refractivity (Wildman–Crippen MR) is 72.5 cm³/mol. The first-order valence-corrected chi connectivity index (χ1v) is 6.64. The first-order chi connectivity index (χ1) is 9.11. The van der Waals surface area contributed by atoms with Crippen molar-refractivity contribution in [3.8, 4) is 0 Å². The highest BCUT2D eigenvalue weighted by atomic mass is 16.5. The Kier molecular flexibility index (Phi) is 4.37. The molecule has 2 N–H and O–H groups in total. The summed E-state index contributed by atoms with van der Waals surface area (Å²) in [6.07, 6.45) is 2.89. The molecular formula is C14H20N2O3. The fourth-order valence-corrected chi connectivity index (χ4v) is 2.42. The number of fused-ring (bicyclic) bond motifs is 1. The number of ether oxygens (including phenoxy) is 1. The van der Waals surface area contributed by atoms with Crippen LogP contribution < -0.4 is 10.9 Å². The van der Waals surface area contributed by atoms with Gasteiger partial charge in [-0.25, -0.2) is 0 Å². The molecule has 0 spiro atoms. The maximum atomic E-state index is 11.9. The fraction of sp³-hybridized carbons (Fsp3) is 0.571. The number of methoxy groups -OCH3 is 1. The molecule has 1 atom stereocenters. The Hall–Kier alpha value is -1.62. The highest BCUT2D eigenvalue weighted by Crippen LogP contribution is 2.23. The monoisotopic (exact) mass is 264 g/mol. The quantitative estimate of drug-likeness (QED) is 0.793. The third-order valence-electron chi connectivity index (χ3n) is 3.51. The number of carbonyl (C=O) groups excluding carboxylic acids is 1. The number of aryl methyl sites for hydroxylation is 1. The Morgan fingerprint density at radius 1 is 1.58 bits per heavy atom. The summed E-state index contributed by atoms with van der Waals surface area (Å²) in [5, 5.41) is 2.67. The molecule has 0 saturated carbocycles. The number of aromatic amines is 1. The highest BCUT2D eigenvalue weighted by Gasteiger charge is 2.19. The van der Waals surface area contributed by atoms with Gasteiger partial charge in [0.15, 0.2) is 0 Å². The van der Waals surface area contributed by atoms with Crippen LogP contribution in [0, 0.1) is 5.92 Å². The topological polar surface area (TPSA) is 71.2 Å². The van der Waals surface area contributed by atoms with Crippen LogP contribution >= 0.6 is 0 Å². The van der Waals surface area contributed by atoms with Crippen LogP contribution in [0.15, 0.2) is 10.9 Å². The van der Waals surface area contributed by atoms with Crippen LogP contribution in [0.1, 0.15) is 35.0 Å². The molecule has 0 fully saturated rings. The van der Waals surface area contributed by atoms with Gasteiger partial charge in [0.2, 0.25) is 0 Å². The number of rotatable bonds is 4. The molecule has 0 radical (unpaired) electrons. The Labute approximate surface area is 112 Å². The number of hydrogen-bond donors (Lipinski definition) is 2. The molecule has 5 nitrogen and oxygen atoms in total. The third kappa shape index (κ3) is 3.23. The summed E-state index contributed by atoms with van der Waals surface area (Å²) in [6.45, 7) is 3.03. The zero-order valence-corrected chi connectivity index (χ0v) is 11.4. The smallest absolute Gasteiger partial charge is 0.261 e. The van der Waals surface area contributed by atoms with Gasteiger partial charge in [-0.1, -0.05) is 6.92 Å². The first-order valence-electron chi connectivity index (χ1n) is 6.64. The van der Waals surface area contributed by atoms with Gasteiger partial charge < -0.3 is 15.0 Å². The molecule has 1 heterocycles. The molecule has 104 valence electrons. The van der Waals surface area contributed by atoms with Crippen molar-refractivity contribution in [1.29, 1.82) is 0 Å². The molecule has 0 aromatic carbocycles. The molecule has 19 heavy (non-hydrogen) atoms. The summed E-state index contributed by atoms with van der Waals surface area (Å²) in [5.41, 5.74) is 1.97. The van der Waals surface area contributed by atoms with Gasteiger partial charge >= 0.3 is 0 Å². The average Bonchev–Trinajstić information content (AvgIpc) is 2.38. The van der Waals surface area contributed by atoms with Crippen LogP contribution in [-0.4, -0.2) is 31.2 Å². The van der Waals surface area contributed by atoms with E-state index in [0.717, 1.165) is 30.5 Å². The van der Waals surface area contributed by atoms with E-state index in [4.69, 9.17) is 4.74 Å². The van der Waals surface area contributed by atoms with Crippen molar-refractivity contribution in [2.45, 2.75) is 26.2 Å². The molecule has 1 aromatic heterocycles. The van der Waals surface area contributed by atoms with E-state index in [1.54, 1.807) is 13.2 Å². The van der Waals surface area contributed by atoms with Crippen molar-refractivity contribution in [2.75, 3.05) is 20.3 Å². The number of carbonyl (C=O) groups is 1. The number of pyridine rings is 1. The second-order valence-corrected chi connectivity index (χ2v) is 5.11. The van der Waals surface area contributed by atoms with E-state index < -0.39 is 0 Å². The van der Waals surface area contributed by atoms with Crippen LogP contribution in [0.2, 0.25) is 0 Å². The Bertz CT molecular complexity index is 522. The molecular weight excluding hydrogens is 244 g/mol. The summed E-state index contributed by atoms with van der Waals surface area (Å²) < 4.78 is 4.86. The largest absolute Gasteiger partial charge is 0.383 e. The normalized spacial score (nSPS) is 17.9. The molecule has 0 aliphatic heterocycles. The minimum Gasteiger partial charge on any atom is -0.383 e. The van der Waals surface area contributed by atoms with E-state index in [1.165, 1.54) is 0 Å². The van der Waals surface area contributed by atoms with E-state index >= 15 is 0 Å². The van der Waals surface area contributed by atoms with E-state index in [9.17, 15) is 9.59 Å². The van der Waals surface area contributed by atoms with Gasteiger partial charge in [0.1, 0.15) is 5.56 Å². The summed E-state index contributed by atoms with van der Waals surface area (Å²) in [4.78, 5) is 26.7. The number of nitrogens with one attached hydrogen (secondary N) is 2. The molecule has 1 aromatic rings. The lowest BCUT2D eigenvalue weighted by Gasteiger charge is -2.21. The van der Waals surface area contributed by atoms with Gasteiger partial charge in [-0.3, -0.25) is 9.59 Å². The lowest BCUT2D eigenvalue weighted by Crippen LogP contribution is -2.33. The standard InChI is InChI=1S/C14H20N2O3/c1-9-3-4-12-10(7-9)8-11(14(18)16-12)13(17)15-5-6-19-2/h8-9H,3-7H2,1-2H3,(H,15,17)(H,16,18)/t9-/m1/s1. The Morgan fingerprint density at radius 2 is 2.37 bits per heavy atom. The molecule has 1 aliphatic rings. The summed E-state index contributed by atoms with van der Waals surface area (Å²) in [7, 11) is 1.57. The molecule has 2 rings (SSSR count). The van der Waals surface area contributed by atoms with Gasteiger partial charge in [0.25, 0.3) is 11.5 Å². The molecule has 1 amide bonds. The minimum atomic E-state index is -0.334. The zero-order valence-electron chi connectivity index (χ0n) is 11.4. The van der Waals surface area contributed by atoms with E-state index in [0.29, 0.717) is 19.1 Å². The van der Waals surface area contributed by atoms with Crippen LogP contribution in [-0.2, 0) is 17.6 Å². The Balaban J connectivity index is 2.19. The van der Waals surface area contributed by atoms with Crippen LogP contribution in [0.3, 0.4) is 0 Å². The second-order valence-electron chi connectivity index (χ2n) is 5.11. The lowest BCUT2D eigenvalue weighted by molar-refractivity contribution is 0.0935.